The van der Waals surface area contributed by atoms with Gasteiger partial charge in [0.05, 0.1) is 11.0 Å². The number of carbonyl (C=O) groups excluding carboxylic acids is 1. The number of hydrogen-bond donors (Lipinski definition) is 2. The Kier molecular flexibility index (Phi) is 4.31. The Bertz CT molecular complexity index is 1080. The second-order valence-corrected chi connectivity index (χ2v) is 7.59. The number of hydrogen-bond acceptors (Lipinski definition) is 3. The molecule has 5 rings (SSSR count). The van der Waals surface area contributed by atoms with E-state index >= 15 is 0 Å². The van der Waals surface area contributed by atoms with Crippen molar-refractivity contribution in [2.75, 3.05) is 11.9 Å². The van der Waals surface area contributed by atoms with Gasteiger partial charge in [0.15, 0.2) is 17.5 Å². The molecular formula is C21H18F3N3O2. The number of imidazole rings is 1. The van der Waals surface area contributed by atoms with E-state index in [0.717, 1.165) is 48.4 Å². The third kappa shape index (κ3) is 3.37. The lowest BCUT2D eigenvalue weighted by molar-refractivity contribution is -0.117. The number of amides is 1. The van der Waals surface area contributed by atoms with Gasteiger partial charge in [-0.1, -0.05) is 0 Å². The van der Waals surface area contributed by atoms with Crippen LogP contribution in [0.3, 0.4) is 0 Å². The molecule has 2 fully saturated rings. The van der Waals surface area contributed by atoms with Crippen LogP contribution in [-0.4, -0.2) is 22.5 Å². The Morgan fingerprint density at radius 1 is 1.17 bits per heavy atom. The number of ether oxygens (including phenoxy) is 1. The first-order valence-electron chi connectivity index (χ1n) is 9.56. The molecule has 3 unspecified atom stereocenters. The van der Waals surface area contributed by atoms with E-state index < -0.39 is 23.4 Å². The number of carbonyl (C=O) groups is 1. The topological polar surface area (TPSA) is 67.0 Å². The fourth-order valence-electron chi connectivity index (χ4n) is 3.93. The maximum atomic E-state index is 13.4. The van der Waals surface area contributed by atoms with Crippen LogP contribution in [0.4, 0.5) is 18.9 Å². The number of aromatic nitrogens is 2. The van der Waals surface area contributed by atoms with Gasteiger partial charge in [-0.05, 0) is 61.1 Å². The number of benzene rings is 2. The predicted octanol–water partition coefficient (Wildman–Crippen LogP) is 4.57. The van der Waals surface area contributed by atoms with Gasteiger partial charge in [0.2, 0.25) is 5.91 Å². The minimum absolute atomic E-state index is 0.0239. The second-order valence-electron chi connectivity index (χ2n) is 7.59. The van der Waals surface area contributed by atoms with Crippen LogP contribution in [0, 0.1) is 23.4 Å². The van der Waals surface area contributed by atoms with Crippen molar-refractivity contribution in [1.82, 2.24) is 9.97 Å². The smallest absolute Gasteiger partial charge is 0.228 e. The van der Waals surface area contributed by atoms with Crippen LogP contribution in [0.15, 0.2) is 30.3 Å². The van der Waals surface area contributed by atoms with Gasteiger partial charge >= 0.3 is 0 Å². The summed E-state index contributed by atoms with van der Waals surface area (Å²) in [6.45, 7) is 0.730. The summed E-state index contributed by atoms with van der Waals surface area (Å²) in [4.78, 5) is 20.3. The van der Waals surface area contributed by atoms with E-state index in [0.29, 0.717) is 17.7 Å². The summed E-state index contributed by atoms with van der Waals surface area (Å²) in [7, 11) is 0. The maximum absolute atomic E-state index is 13.4. The minimum Gasteiger partial charge on any atom is -0.370 e. The van der Waals surface area contributed by atoms with Crippen molar-refractivity contribution in [2.24, 2.45) is 5.92 Å². The van der Waals surface area contributed by atoms with E-state index in [1.807, 2.05) is 6.07 Å². The van der Waals surface area contributed by atoms with Crippen molar-refractivity contribution in [3.05, 3.63) is 59.2 Å². The normalized spacial score (nSPS) is 23.5. The molecule has 5 nitrogen and oxygen atoms in total. The molecule has 150 valence electrons. The number of aromatic amines is 1. The molecule has 1 saturated heterocycles. The number of rotatable bonds is 4. The van der Waals surface area contributed by atoms with Crippen LogP contribution in [0.25, 0.3) is 11.0 Å². The average molecular weight is 401 g/mol. The molecule has 2 aromatic carbocycles. The van der Waals surface area contributed by atoms with Crippen LogP contribution >= 0.6 is 0 Å². The molecule has 0 spiro atoms. The molecule has 3 aromatic rings. The monoisotopic (exact) mass is 401 g/mol. The first-order chi connectivity index (χ1) is 14.0. The molecule has 8 heteroatoms. The van der Waals surface area contributed by atoms with Crippen molar-refractivity contribution in [3.63, 3.8) is 0 Å². The summed E-state index contributed by atoms with van der Waals surface area (Å²) in [6, 6.07) is 7.29. The molecule has 3 atom stereocenters. The fraction of sp³-hybridized carbons (Fsp3) is 0.333. The molecule has 0 radical (unpaired) electrons. The Morgan fingerprint density at radius 3 is 2.69 bits per heavy atom. The Labute approximate surface area is 164 Å². The van der Waals surface area contributed by atoms with Gasteiger partial charge in [0.25, 0.3) is 0 Å². The van der Waals surface area contributed by atoms with Gasteiger partial charge in [0, 0.05) is 18.2 Å². The molecule has 2 heterocycles. The molecule has 29 heavy (non-hydrogen) atoms. The van der Waals surface area contributed by atoms with Gasteiger partial charge in [-0.15, -0.1) is 0 Å². The number of anilines is 1. The Hall–Kier alpha value is -2.87. The van der Waals surface area contributed by atoms with Crippen molar-refractivity contribution >= 4 is 22.6 Å². The highest BCUT2D eigenvalue weighted by Gasteiger charge is 2.44. The van der Waals surface area contributed by atoms with Gasteiger partial charge in [-0.2, -0.15) is 0 Å². The standard InChI is InChI=1S/C21H18F3N3O2/c22-14-6-10(7-15(23)19(14)24)12-9-13(12)21(28)25-11-3-4-16-17(8-11)27-20(26-16)18-2-1-5-29-18/h3-4,6-8,12-13,18H,1-2,5,9H2,(H,25,28)(H,26,27). The quantitative estimate of drug-likeness (QED) is 0.629. The summed E-state index contributed by atoms with van der Waals surface area (Å²) in [5, 5.41) is 2.84. The molecule has 1 aliphatic heterocycles. The third-order valence-corrected chi connectivity index (χ3v) is 5.56. The van der Waals surface area contributed by atoms with Crippen molar-refractivity contribution in [1.29, 1.82) is 0 Å². The summed E-state index contributed by atoms with van der Waals surface area (Å²) >= 11 is 0. The minimum atomic E-state index is -1.49. The summed E-state index contributed by atoms with van der Waals surface area (Å²) in [5.74, 6) is -4.15. The first kappa shape index (κ1) is 18.2. The lowest BCUT2D eigenvalue weighted by Gasteiger charge is -2.06. The van der Waals surface area contributed by atoms with Crippen LogP contribution < -0.4 is 5.32 Å². The molecule has 1 aliphatic carbocycles. The summed E-state index contributed by atoms with van der Waals surface area (Å²) in [6.07, 6.45) is 2.38. The molecule has 1 saturated carbocycles. The van der Waals surface area contributed by atoms with E-state index in [4.69, 9.17) is 4.74 Å². The van der Waals surface area contributed by atoms with Gasteiger partial charge in [0.1, 0.15) is 11.9 Å². The van der Waals surface area contributed by atoms with Crippen molar-refractivity contribution in [2.45, 2.75) is 31.3 Å². The van der Waals surface area contributed by atoms with E-state index in [-0.39, 0.29) is 17.9 Å². The van der Waals surface area contributed by atoms with Crippen molar-refractivity contribution in [3.8, 4) is 0 Å². The average Bonchev–Trinajstić information content (AvgIpc) is 3.11. The molecule has 2 aliphatic rings. The SMILES string of the molecule is O=C(Nc1ccc2nc(C3CCCO3)[nH]c2c1)C1CC1c1cc(F)c(F)c(F)c1. The highest BCUT2D eigenvalue weighted by Crippen LogP contribution is 2.48. The van der Waals surface area contributed by atoms with E-state index in [1.54, 1.807) is 12.1 Å². The lowest BCUT2D eigenvalue weighted by Crippen LogP contribution is -2.14. The largest absolute Gasteiger partial charge is 0.370 e. The zero-order valence-corrected chi connectivity index (χ0v) is 15.3. The van der Waals surface area contributed by atoms with E-state index in [9.17, 15) is 18.0 Å². The summed E-state index contributed by atoms with van der Waals surface area (Å²) < 4.78 is 45.6. The van der Waals surface area contributed by atoms with Crippen LogP contribution in [-0.2, 0) is 9.53 Å². The fourth-order valence-corrected chi connectivity index (χ4v) is 3.93. The first-order valence-corrected chi connectivity index (χ1v) is 9.56. The highest BCUT2D eigenvalue weighted by atomic mass is 19.2. The van der Waals surface area contributed by atoms with Crippen LogP contribution in [0.5, 0.6) is 0 Å². The van der Waals surface area contributed by atoms with E-state index in [2.05, 4.69) is 15.3 Å². The van der Waals surface area contributed by atoms with E-state index in [1.165, 1.54) is 0 Å². The van der Waals surface area contributed by atoms with Crippen LogP contribution in [0.1, 0.15) is 42.7 Å². The Balaban J connectivity index is 1.29. The van der Waals surface area contributed by atoms with Gasteiger partial charge < -0.3 is 15.0 Å². The zero-order chi connectivity index (χ0) is 20.1. The summed E-state index contributed by atoms with van der Waals surface area (Å²) in [5.41, 5.74) is 2.48. The van der Waals surface area contributed by atoms with Gasteiger partial charge in [-0.25, -0.2) is 18.2 Å². The number of H-pyrrole nitrogens is 1. The molecular weight excluding hydrogens is 383 g/mol. The van der Waals surface area contributed by atoms with Crippen molar-refractivity contribution < 1.29 is 22.7 Å². The second kappa shape index (κ2) is 6.88. The molecule has 2 N–H and O–H groups in total. The third-order valence-electron chi connectivity index (χ3n) is 5.56. The number of nitrogens with zero attached hydrogens (tertiary/aromatic N) is 1. The number of halogens is 3. The number of nitrogens with one attached hydrogen (secondary N) is 2. The maximum Gasteiger partial charge on any atom is 0.228 e. The molecule has 1 amide bonds. The molecule has 0 bridgehead atoms. The Morgan fingerprint density at radius 2 is 1.97 bits per heavy atom. The lowest BCUT2D eigenvalue weighted by atomic mass is 10.1. The zero-order valence-electron chi connectivity index (χ0n) is 15.3. The van der Waals surface area contributed by atoms with Gasteiger partial charge in [-0.3, -0.25) is 4.79 Å². The highest BCUT2D eigenvalue weighted by molar-refractivity contribution is 5.96. The molecule has 1 aromatic heterocycles. The van der Waals surface area contributed by atoms with Crippen LogP contribution in [0.2, 0.25) is 0 Å². The number of fused-ring (bicyclic) bond motifs is 1. The predicted molar refractivity (Wildman–Crippen MR) is 99.8 cm³/mol.